The van der Waals surface area contributed by atoms with Crippen molar-refractivity contribution in [1.29, 1.82) is 0 Å². The minimum absolute atomic E-state index is 0.324. The molecule has 1 aromatic carbocycles. The van der Waals surface area contributed by atoms with E-state index in [1.54, 1.807) is 5.57 Å². The molecule has 0 saturated heterocycles. The van der Waals surface area contributed by atoms with Crippen molar-refractivity contribution in [2.24, 2.45) is 34.0 Å². The summed E-state index contributed by atoms with van der Waals surface area (Å²) in [5.74, 6) is 2.58. The quantitative estimate of drug-likeness (QED) is 0.476. The summed E-state index contributed by atoms with van der Waals surface area (Å²) >= 11 is 0. The Labute approximate surface area is 200 Å². The Morgan fingerprint density at radius 3 is 2.55 bits per heavy atom. The number of benzene rings is 1. The number of hydrogen-bond acceptors (Lipinski definition) is 2. The van der Waals surface area contributed by atoms with Crippen LogP contribution < -0.4 is 0 Å². The third-order valence-corrected chi connectivity index (χ3v) is 11.7. The van der Waals surface area contributed by atoms with Crippen molar-refractivity contribution in [2.45, 2.75) is 78.2 Å². The maximum absolute atomic E-state index is 4.38. The Morgan fingerprint density at radius 2 is 1.73 bits per heavy atom. The van der Waals surface area contributed by atoms with Gasteiger partial charge in [0.05, 0.1) is 0 Å². The molecule has 0 radical (unpaired) electrons. The predicted molar refractivity (Wildman–Crippen MR) is 139 cm³/mol. The fraction of sp³-hybridized carbons (Fsp3) is 0.645. The largest absolute Gasteiger partial charge is 0.306 e. The zero-order valence-corrected chi connectivity index (χ0v) is 21.4. The minimum Gasteiger partial charge on any atom is -0.306 e. The topological polar surface area (TPSA) is 16.1 Å². The summed E-state index contributed by atoms with van der Waals surface area (Å²) in [7, 11) is 4.59. The van der Waals surface area contributed by atoms with Crippen LogP contribution in [0.25, 0.3) is 16.3 Å². The molecule has 4 aliphatic rings. The SMILES string of the molecule is CN(C)C1CCC2(C)C(CCC3C4CC=C(c5ccc6ccncc6c5)C4(C)CCC32C)C1. The van der Waals surface area contributed by atoms with Gasteiger partial charge in [0.15, 0.2) is 0 Å². The van der Waals surface area contributed by atoms with E-state index in [2.05, 4.69) is 75.1 Å². The molecule has 0 N–H and O–H groups in total. The molecule has 0 spiro atoms. The van der Waals surface area contributed by atoms with Gasteiger partial charge in [-0.1, -0.05) is 39.0 Å². The molecule has 1 aromatic heterocycles. The van der Waals surface area contributed by atoms with E-state index in [4.69, 9.17) is 0 Å². The first-order valence-electron chi connectivity index (χ1n) is 13.5. The molecule has 3 saturated carbocycles. The molecule has 0 aliphatic heterocycles. The monoisotopic (exact) mass is 442 g/mol. The van der Waals surface area contributed by atoms with Crippen LogP contribution in [0.1, 0.15) is 77.7 Å². The summed E-state index contributed by atoms with van der Waals surface area (Å²) in [6, 6.07) is 9.99. The normalized spacial score (nSPS) is 42.5. The number of fused-ring (bicyclic) bond motifs is 6. The van der Waals surface area contributed by atoms with Gasteiger partial charge in [-0.2, -0.15) is 0 Å². The van der Waals surface area contributed by atoms with Crippen LogP contribution in [0, 0.1) is 34.0 Å². The molecular weight excluding hydrogens is 400 g/mol. The van der Waals surface area contributed by atoms with Gasteiger partial charge >= 0.3 is 0 Å². The Bertz CT molecular complexity index is 1100. The van der Waals surface area contributed by atoms with Gasteiger partial charge in [-0.05, 0) is 128 Å². The lowest BCUT2D eigenvalue weighted by Crippen LogP contribution is -2.60. The number of aromatic nitrogens is 1. The number of nitrogens with zero attached hydrogens (tertiary/aromatic N) is 2. The summed E-state index contributed by atoms with van der Waals surface area (Å²) in [6.45, 7) is 8.04. The Balaban J connectivity index is 1.31. The van der Waals surface area contributed by atoms with E-state index in [1.807, 2.05) is 12.4 Å². The molecule has 7 unspecified atom stereocenters. The number of pyridine rings is 1. The van der Waals surface area contributed by atoms with E-state index >= 15 is 0 Å². The van der Waals surface area contributed by atoms with Crippen LogP contribution in [-0.2, 0) is 0 Å². The molecule has 6 rings (SSSR count). The first-order chi connectivity index (χ1) is 15.8. The van der Waals surface area contributed by atoms with Gasteiger partial charge < -0.3 is 4.90 Å². The molecule has 7 atom stereocenters. The third kappa shape index (κ3) is 2.98. The van der Waals surface area contributed by atoms with Gasteiger partial charge in [0, 0.05) is 23.8 Å². The van der Waals surface area contributed by atoms with Gasteiger partial charge in [0.25, 0.3) is 0 Å². The molecule has 1 heterocycles. The van der Waals surface area contributed by atoms with E-state index in [0.717, 1.165) is 23.8 Å². The van der Waals surface area contributed by atoms with Crippen molar-refractivity contribution in [1.82, 2.24) is 9.88 Å². The van der Waals surface area contributed by atoms with Gasteiger partial charge in [0.1, 0.15) is 0 Å². The first-order valence-corrected chi connectivity index (χ1v) is 13.5. The minimum atomic E-state index is 0.324. The zero-order valence-electron chi connectivity index (χ0n) is 21.4. The van der Waals surface area contributed by atoms with Gasteiger partial charge in [0.2, 0.25) is 0 Å². The second-order valence-electron chi connectivity index (χ2n) is 12.9. The Kier molecular flexibility index (Phi) is 4.90. The molecule has 2 aromatic rings. The van der Waals surface area contributed by atoms with Crippen molar-refractivity contribution in [3.05, 3.63) is 48.3 Å². The average molecular weight is 443 g/mol. The Morgan fingerprint density at radius 1 is 0.879 bits per heavy atom. The Hall–Kier alpha value is -1.67. The van der Waals surface area contributed by atoms with Crippen molar-refractivity contribution >= 4 is 16.3 Å². The van der Waals surface area contributed by atoms with Crippen LogP contribution in [0.2, 0.25) is 0 Å². The van der Waals surface area contributed by atoms with Crippen LogP contribution in [-0.4, -0.2) is 30.0 Å². The average Bonchev–Trinajstić information content (AvgIpc) is 3.16. The van der Waals surface area contributed by atoms with Crippen molar-refractivity contribution < 1.29 is 0 Å². The molecule has 0 amide bonds. The molecule has 0 bridgehead atoms. The molecule has 176 valence electrons. The van der Waals surface area contributed by atoms with Crippen LogP contribution in [0.5, 0.6) is 0 Å². The molecule has 33 heavy (non-hydrogen) atoms. The van der Waals surface area contributed by atoms with Crippen LogP contribution in [0.15, 0.2) is 42.7 Å². The number of rotatable bonds is 2. The van der Waals surface area contributed by atoms with Crippen molar-refractivity contribution in [3.63, 3.8) is 0 Å². The van der Waals surface area contributed by atoms with Gasteiger partial charge in [-0.3, -0.25) is 4.98 Å². The lowest BCUT2D eigenvalue weighted by molar-refractivity contribution is -0.169. The highest BCUT2D eigenvalue weighted by Crippen LogP contribution is 2.72. The highest BCUT2D eigenvalue weighted by molar-refractivity contribution is 5.86. The molecule has 2 nitrogen and oxygen atoms in total. The summed E-state index contributed by atoms with van der Waals surface area (Å²) < 4.78 is 0. The van der Waals surface area contributed by atoms with Gasteiger partial charge in [-0.25, -0.2) is 0 Å². The van der Waals surface area contributed by atoms with Crippen LogP contribution >= 0.6 is 0 Å². The van der Waals surface area contributed by atoms with E-state index in [9.17, 15) is 0 Å². The van der Waals surface area contributed by atoms with Crippen molar-refractivity contribution in [3.8, 4) is 0 Å². The van der Waals surface area contributed by atoms with E-state index in [0.29, 0.717) is 16.2 Å². The lowest BCUT2D eigenvalue weighted by Gasteiger charge is -2.67. The van der Waals surface area contributed by atoms with Gasteiger partial charge in [-0.15, -0.1) is 0 Å². The first kappa shape index (κ1) is 21.8. The second kappa shape index (κ2) is 7.41. The zero-order chi connectivity index (χ0) is 23.0. The molecule has 3 fully saturated rings. The summed E-state index contributed by atoms with van der Waals surface area (Å²) in [4.78, 5) is 6.88. The molecule has 4 aliphatic carbocycles. The summed E-state index contributed by atoms with van der Waals surface area (Å²) in [5.41, 5.74) is 4.40. The summed E-state index contributed by atoms with van der Waals surface area (Å²) in [5, 5.41) is 2.57. The maximum Gasteiger partial charge on any atom is 0.0346 e. The lowest BCUT2D eigenvalue weighted by atomic mass is 9.38. The van der Waals surface area contributed by atoms with E-state index in [1.165, 1.54) is 67.7 Å². The standard InChI is InChI=1S/C31H42N2/c1-29-15-16-31(3)28(9-8-24-19-25(33(4)5)12-14-30(24,31)2)27(29)11-10-26(29)22-7-6-21-13-17-32-20-23(21)18-22/h6-7,10,13,17-18,20,24-25,27-28H,8-9,11-12,14-16,19H2,1-5H3. The van der Waals surface area contributed by atoms with E-state index < -0.39 is 0 Å². The molecular formula is C31H42N2. The summed E-state index contributed by atoms with van der Waals surface area (Å²) in [6.07, 6.45) is 17.7. The van der Waals surface area contributed by atoms with E-state index in [-0.39, 0.29) is 0 Å². The fourth-order valence-electron chi connectivity index (χ4n) is 9.36. The highest BCUT2D eigenvalue weighted by atomic mass is 15.1. The number of allylic oxidation sites excluding steroid dienone is 2. The number of hydrogen-bond donors (Lipinski definition) is 0. The fourth-order valence-corrected chi connectivity index (χ4v) is 9.36. The van der Waals surface area contributed by atoms with Crippen LogP contribution in [0.4, 0.5) is 0 Å². The van der Waals surface area contributed by atoms with Crippen LogP contribution in [0.3, 0.4) is 0 Å². The predicted octanol–water partition coefficient (Wildman–Crippen LogP) is 7.59. The van der Waals surface area contributed by atoms with Crippen molar-refractivity contribution in [2.75, 3.05) is 14.1 Å². The molecule has 2 heteroatoms. The highest BCUT2D eigenvalue weighted by Gasteiger charge is 2.64. The maximum atomic E-state index is 4.38. The second-order valence-corrected chi connectivity index (χ2v) is 12.9. The smallest absolute Gasteiger partial charge is 0.0346 e. The third-order valence-electron chi connectivity index (χ3n) is 11.7.